The summed E-state index contributed by atoms with van der Waals surface area (Å²) in [6.07, 6.45) is 9.12. The summed E-state index contributed by atoms with van der Waals surface area (Å²) in [4.78, 5) is 16.8. The van der Waals surface area contributed by atoms with E-state index in [4.69, 9.17) is 0 Å². The number of carbonyl (C=O) groups is 1. The van der Waals surface area contributed by atoms with Crippen molar-refractivity contribution < 1.29 is 14.3 Å². The number of aromatic nitrogens is 1. The van der Waals surface area contributed by atoms with Gasteiger partial charge in [0.05, 0.1) is 11.3 Å². The monoisotopic (exact) mass is 352 g/mol. The molecule has 1 amide bonds. The van der Waals surface area contributed by atoms with Gasteiger partial charge in [-0.25, -0.2) is 4.39 Å². The van der Waals surface area contributed by atoms with E-state index in [-0.39, 0.29) is 5.82 Å². The Hall–Kier alpha value is -2.79. The highest BCUT2D eigenvalue weighted by Crippen LogP contribution is 2.38. The molecule has 0 radical (unpaired) electrons. The second-order valence-electron chi connectivity index (χ2n) is 6.65. The Labute approximate surface area is 152 Å². The maximum atomic E-state index is 13.3. The Morgan fingerprint density at radius 2 is 2.00 bits per heavy atom. The lowest BCUT2D eigenvalue weighted by molar-refractivity contribution is -0.0340. The average Bonchev–Trinajstić information content (AvgIpc) is 2.64. The number of benzene rings is 1. The normalized spacial score (nSPS) is 24.5. The number of nitrogens with zero attached hydrogens (tertiary/aromatic N) is 1. The molecule has 1 aromatic heterocycles. The molecule has 2 N–H and O–H groups in total. The van der Waals surface area contributed by atoms with E-state index in [0.29, 0.717) is 23.2 Å². The topological polar surface area (TPSA) is 62.2 Å². The summed E-state index contributed by atoms with van der Waals surface area (Å²) in [5, 5.41) is 13.7. The molecule has 0 aliphatic heterocycles. The first-order valence-electron chi connectivity index (χ1n) is 8.51. The Morgan fingerprint density at radius 3 is 2.65 bits per heavy atom. The smallest absolute Gasteiger partial charge is 0.255 e. The van der Waals surface area contributed by atoms with Gasteiger partial charge in [0.2, 0.25) is 0 Å². The number of hydrogen-bond donors (Lipinski definition) is 2. The zero-order valence-electron chi connectivity index (χ0n) is 14.7. The van der Waals surface area contributed by atoms with Crippen LogP contribution in [0.2, 0.25) is 0 Å². The van der Waals surface area contributed by atoms with Crippen LogP contribution in [0.4, 0.5) is 4.39 Å². The first-order chi connectivity index (χ1) is 12.4. The number of pyridine rings is 1. The van der Waals surface area contributed by atoms with Crippen LogP contribution in [-0.4, -0.2) is 21.7 Å². The first-order valence-corrected chi connectivity index (χ1v) is 8.51. The van der Waals surface area contributed by atoms with Crippen LogP contribution < -0.4 is 5.32 Å². The predicted octanol–water partition coefficient (Wildman–Crippen LogP) is 3.85. The fraction of sp³-hybridized carbons (Fsp3) is 0.238. The standard InChI is InChI=1S/C21H21FN2O2/c1-3-20(2)11-4-5-12-21(20,26)24-19(25)16-9-10-18(23-14-16)15-7-6-8-17(22)13-15/h4-14,26H,3H2,1-2H3,(H,24,25)/t20-,21+/m1/s1. The van der Waals surface area contributed by atoms with E-state index in [0.717, 1.165) is 0 Å². The molecule has 0 fully saturated rings. The fourth-order valence-corrected chi connectivity index (χ4v) is 2.94. The lowest BCUT2D eigenvalue weighted by Crippen LogP contribution is -2.57. The summed E-state index contributed by atoms with van der Waals surface area (Å²) in [5.41, 5.74) is -0.561. The predicted molar refractivity (Wildman–Crippen MR) is 98.7 cm³/mol. The highest BCUT2D eigenvalue weighted by molar-refractivity contribution is 5.94. The van der Waals surface area contributed by atoms with Crippen LogP contribution in [0, 0.1) is 11.2 Å². The first kappa shape index (κ1) is 18.0. The average molecular weight is 352 g/mol. The van der Waals surface area contributed by atoms with Crippen molar-refractivity contribution in [3.8, 4) is 11.3 Å². The van der Waals surface area contributed by atoms with Crippen molar-refractivity contribution in [1.82, 2.24) is 10.3 Å². The summed E-state index contributed by atoms with van der Waals surface area (Å²) >= 11 is 0. The van der Waals surface area contributed by atoms with Crippen LogP contribution >= 0.6 is 0 Å². The molecule has 0 saturated carbocycles. The number of rotatable bonds is 4. The molecule has 4 nitrogen and oxygen atoms in total. The van der Waals surface area contributed by atoms with Crippen molar-refractivity contribution >= 4 is 5.91 Å². The number of halogens is 1. The number of nitrogens with one attached hydrogen (secondary N) is 1. The minimum absolute atomic E-state index is 0.319. The molecule has 1 aromatic carbocycles. The summed E-state index contributed by atoms with van der Waals surface area (Å²) < 4.78 is 13.3. The highest BCUT2D eigenvalue weighted by Gasteiger charge is 2.44. The van der Waals surface area contributed by atoms with E-state index in [2.05, 4.69) is 10.3 Å². The minimum atomic E-state index is -1.48. The van der Waals surface area contributed by atoms with Gasteiger partial charge in [-0.2, -0.15) is 0 Å². The van der Waals surface area contributed by atoms with E-state index in [1.807, 2.05) is 26.0 Å². The highest BCUT2D eigenvalue weighted by atomic mass is 19.1. The van der Waals surface area contributed by atoms with Crippen LogP contribution in [0.5, 0.6) is 0 Å². The second-order valence-corrected chi connectivity index (χ2v) is 6.65. The van der Waals surface area contributed by atoms with Crippen molar-refractivity contribution in [1.29, 1.82) is 0 Å². The summed E-state index contributed by atoms with van der Waals surface area (Å²) in [5.74, 6) is -0.769. The summed E-state index contributed by atoms with van der Waals surface area (Å²) in [6, 6.07) is 9.37. The molecule has 1 aliphatic rings. The van der Waals surface area contributed by atoms with Crippen LogP contribution in [0.1, 0.15) is 30.6 Å². The molecular weight excluding hydrogens is 331 g/mol. The van der Waals surface area contributed by atoms with Gasteiger partial charge in [-0.3, -0.25) is 9.78 Å². The number of amides is 1. The van der Waals surface area contributed by atoms with Crippen LogP contribution in [0.3, 0.4) is 0 Å². The zero-order chi connectivity index (χ0) is 18.8. The van der Waals surface area contributed by atoms with E-state index in [9.17, 15) is 14.3 Å². The molecule has 2 aromatic rings. The van der Waals surface area contributed by atoms with E-state index >= 15 is 0 Å². The van der Waals surface area contributed by atoms with Gasteiger partial charge >= 0.3 is 0 Å². The quantitative estimate of drug-likeness (QED) is 0.822. The van der Waals surface area contributed by atoms with Gasteiger partial charge in [-0.15, -0.1) is 0 Å². The third kappa shape index (κ3) is 3.30. The van der Waals surface area contributed by atoms with Crippen molar-refractivity contribution in [3.63, 3.8) is 0 Å². The third-order valence-electron chi connectivity index (χ3n) is 4.97. The maximum Gasteiger partial charge on any atom is 0.255 e. The number of allylic oxidation sites excluding steroid dienone is 2. The van der Waals surface area contributed by atoms with E-state index < -0.39 is 17.0 Å². The molecule has 2 atom stereocenters. The van der Waals surface area contributed by atoms with Gasteiger partial charge < -0.3 is 10.4 Å². The molecule has 1 heterocycles. The summed E-state index contributed by atoms with van der Waals surface area (Å²) in [6.45, 7) is 3.84. The Balaban J connectivity index is 1.80. The molecule has 5 heteroatoms. The van der Waals surface area contributed by atoms with Crippen LogP contribution in [0.25, 0.3) is 11.3 Å². The number of hydrogen-bond acceptors (Lipinski definition) is 3. The van der Waals surface area contributed by atoms with Crippen LogP contribution in [-0.2, 0) is 0 Å². The molecule has 0 bridgehead atoms. The molecule has 26 heavy (non-hydrogen) atoms. The molecule has 0 saturated heterocycles. The number of aliphatic hydroxyl groups is 1. The van der Waals surface area contributed by atoms with Gasteiger partial charge in [-0.05, 0) is 36.8 Å². The maximum absolute atomic E-state index is 13.3. The fourth-order valence-electron chi connectivity index (χ4n) is 2.94. The molecule has 3 rings (SSSR count). The zero-order valence-corrected chi connectivity index (χ0v) is 14.7. The van der Waals surface area contributed by atoms with Gasteiger partial charge in [0, 0.05) is 17.2 Å². The van der Waals surface area contributed by atoms with Crippen LogP contribution in [0.15, 0.2) is 66.9 Å². The Bertz CT molecular complexity index is 876. The lowest BCUT2D eigenvalue weighted by atomic mass is 9.74. The van der Waals surface area contributed by atoms with Gasteiger partial charge in [0.25, 0.3) is 5.91 Å². The Kier molecular flexibility index (Phi) is 4.74. The van der Waals surface area contributed by atoms with E-state index in [1.165, 1.54) is 18.3 Å². The molecule has 0 spiro atoms. The molecule has 134 valence electrons. The SMILES string of the molecule is CC[C@]1(C)C=CC=C[C@@]1(O)NC(=O)c1ccc(-c2cccc(F)c2)nc1. The summed E-state index contributed by atoms with van der Waals surface area (Å²) in [7, 11) is 0. The van der Waals surface area contributed by atoms with Crippen molar-refractivity contribution in [3.05, 3.63) is 78.3 Å². The number of carbonyl (C=O) groups excluding carboxylic acids is 1. The lowest BCUT2D eigenvalue weighted by Gasteiger charge is -2.42. The van der Waals surface area contributed by atoms with Gasteiger partial charge in [0.15, 0.2) is 5.72 Å². The minimum Gasteiger partial charge on any atom is -0.367 e. The van der Waals surface area contributed by atoms with Crippen molar-refractivity contribution in [2.24, 2.45) is 5.41 Å². The molecule has 1 aliphatic carbocycles. The molecule has 0 unspecified atom stereocenters. The third-order valence-corrected chi connectivity index (χ3v) is 4.97. The Morgan fingerprint density at radius 1 is 1.23 bits per heavy atom. The van der Waals surface area contributed by atoms with Crippen molar-refractivity contribution in [2.75, 3.05) is 0 Å². The van der Waals surface area contributed by atoms with E-state index in [1.54, 1.807) is 36.4 Å². The second kappa shape index (κ2) is 6.84. The molecular formula is C21H21FN2O2. The van der Waals surface area contributed by atoms with Gasteiger partial charge in [-0.1, -0.05) is 44.2 Å². The van der Waals surface area contributed by atoms with Gasteiger partial charge in [0.1, 0.15) is 5.82 Å². The van der Waals surface area contributed by atoms with Crippen molar-refractivity contribution in [2.45, 2.75) is 26.0 Å². The largest absolute Gasteiger partial charge is 0.367 e.